The van der Waals surface area contributed by atoms with Crippen molar-refractivity contribution in [1.82, 2.24) is 0 Å². The van der Waals surface area contributed by atoms with E-state index in [4.69, 9.17) is 9.47 Å². The topological polar surface area (TPSA) is 55.9 Å². The minimum Gasteiger partial charge on any atom is -0.466 e. The Bertz CT molecular complexity index is 515. The Morgan fingerprint density at radius 3 is 2.90 bits per heavy atom. The normalized spacial score (nSPS) is 41.5. The fourth-order valence-electron chi connectivity index (χ4n) is 4.07. The molecule has 0 aromatic carbocycles. The zero-order valence-corrected chi connectivity index (χ0v) is 12.0. The molecule has 3 aliphatic carbocycles. The highest BCUT2D eigenvalue weighted by molar-refractivity contribution is 6.03. The van der Waals surface area contributed by atoms with Gasteiger partial charge in [0.25, 0.3) is 0 Å². The van der Waals surface area contributed by atoms with Gasteiger partial charge in [-0.1, -0.05) is 17.7 Å². The van der Waals surface area contributed by atoms with Crippen LogP contribution in [0.5, 0.6) is 0 Å². The number of ketones is 1. The smallest absolute Gasteiger partial charge is 0.310 e. The molecule has 0 amide bonds. The minimum atomic E-state index is -0.816. The molecule has 0 aromatic heterocycles. The van der Waals surface area contributed by atoms with E-state index in [1.54, 1.807) is 13.0 Å². The van der Waals surface area contributed by atoms with Crippen molar-refractivity contribution in [2.45, 2.75) is 32.3 Å². The van der Waals surface area contributed by atoms with E-state index in [0.717, 1.165) is 5.57 Å². The van der Waals surface area contributed by atoms with Gasteiger partial charge < -0.3 is 9.47 Å². The third-order valence-electron chi connectivity index (χ3n) is 5.01. The van der Waals surface area contributed by atoms with Crippen LogP contribution in [-0.2, 0) is 19.1 Å². The Balaban J connectivity index is 2.06. The first kappa shape index (κ1) is 13.6. The first-order valence-corrected chi connectivity index (χ1v) is 7.17. The molecular formula is C16H20O4. The van der Waals surface area contributed by atoms with Crippen molar-refractivity contribution < 1.29 is 19.1 Å². The lowest BCUT2D eigenvalue weighted by Gasteiger charge is -2.50. The highest BCUT2D eigenvalue weighted by Gasteiger charge is 2.72. The zero-order chi connectivity index (χ0) is 14.5. The summed E-state index contributed by atoms with van der Waals surface area (Å²) in [6.07, 6.45) is 4.79. The van der Waals surface area contributed by atoms with Gasteiger partial charge in [0.15, 0.2) is 11.4 Å². The highest BCUT2D eigenvalue weighted by Crippen LogP contribution is 2.61. The van der Waals surface area contributed by atoms with Crippen LogP contribution in [0.15, 0.2) is 24.3 Å². The summed E-state index contributed by atoms with van der Waals surface area (Å²) < 4.78 is 10.7. The van der Waals surface area contributed by atoms with Crippen molar-refractivity contribution in [2.75, 3.05) is 13.2 Å². The average Bonchev–Trinajstić information content (AvgIpc) is 3.18. The molecule has 4 atom stereocenters. The number of fused-ring (bicyclic) bond motifs is 1. The lowest BCUT2D eigenvalue weighted by Crippen LogP contribution is -2.59. The summed E-state index contributed by atoms with van der Waals surface area (Å²) in [5, 5.41) is 0. The van der Waals surface area contributed by atoms with Crippen LogP contribution in [0, 0.1) is 17.3 Å². The van der Waals surface area contributed by atoms with Crippen LogP contribution in [0.2, 0.25) is 0 Å². The molecule has 1 saturated carbocycles. The molecule has 2 bridgehead atoms. The average molecular weight is 276 g/mol. The van der Waals surface area contributed by atoms with Crippen molar-refractivity contribution >= 4 is 11.8 Å². The zero-order valence-electron chi connectivity index (χ0n) is 12.0. The number of carbonyl (C=O) groups excluding carboxylic acids is 2. The molecule has 2 fully saturated rings. The molecule has 0 aromatic rings. The molecule has 1 heterocycles. The van der Waals surface area contributed by atoms with Crippen LogP contribution in [-0.4, -0.2) is 30.6 Å². The second-order valence-electron chi connectivity index (χ2n) is 6.02. The van der Waals surface area contributed by atoms with Crippen LogP contribution in [0.4, 0.5) is 0 Å². The molecule has 108 valence electrons. The van der Waals surface area contributed by atoms with Crippen molar-refractivity contribution in [2.24, 2.45) is 17.3 Å². The van der Waals surface area contributed by atoms with E-state index in [9.17, 15) is 9.59 Å². The maximum Gasteiger partial charge on any atom is 0.310 e. The monoisotopic (exact) mass is 276 g/mol. The standard InChI is InChI=1S/C16H20O4/c1-4-6-15-8-10(3)11(16(9-20-16)14(15)18)7-12(15)13(17)19-5-2/h4,8,11-12H,1,5-7,9H2,2-3H3/t11-,12+,15-,16-/m0/s1. The van der Waals surface area contributed by atoms with E-state index in [-0.39, 0.29) is 17.7 Å². The second-order valence-corrected chi connectivity index (χ2v) is 6.02. The number of hydrogen-bond donors (Lipinski definition) is 0. The van der Waals surface area contributed by atoms with E-state index in [0.29, 0.717) is 26.1 Å². The van der Waals surface area contributed by atoms with Crippen LogP contribution >= 0.6 is 0 Å². The van der Waals surface area contributed by atoms with E-state index in [1.807, 2.05) is 13.0 Å². The molecule has 1 aliphatic heterocycles. The second kappa shape index (κ2) is 4.29. The van der Waals surface area contributed by atoms with E-state index >= 15 is 0 Å². The summed E-state index contributed by atoms with van der Waals surface area (Å²) in [5.74, 6) is -0.607. The molecule has 0 unspecified atom stereocenters. The molecular weight excluding hydrogens is 256 g/mol. The van der Waals surface area contributed by atoms with Crippen molar-refractivity contribution in [3.8, 4) is 0 Å². The number of Topliss-reactive ketones (excluding diaryl/α,β-unsaturated/α-hetero) is 1. The minimum absolute atomic E-state index is 0.0242. The number of ether oxygens (including phenoxy) is 2. The fraction of sp³-hybridized carbons (Fsp3) is 0.625. The van der Waals surface area contributed by atoms with Gasteiger partial charge in [0.2, 0.25) is 0 Å². The fourth-order valence-corrected chi connectivity index (χ4v) is 4.07. The molecule has 1 saturated heterocycles. The molecule has 20 heavy (non-hydrogen) atoms. The van der Waals surface area contributed by atoms with Gasteiger partial charge in [0.05, 0.1) is 24.5 Å². The number of allylic oxidation sites excluding steroid dienone is 2. The van der Waals surface area contributed by atoms with Crippen LogP contribution < -0.4 is 0 Å². The maximum atomic E-state index is 12.9. The maximum absolute atomic E-state index is 12.9. The summed E-state index contributed by atoms with van der Waals surface area (Å²) in [4.78, 5) is 25.2. The highest BCUT2D eigenvalue weighted by atomic mass is 16.6. The van der Waals surface area contributed by atoms with E-state index in [1.165, 1.54) is 0 Å². The predicted molar refractivity (Wildman–Crippen MR) is 72.9 cm³/mol. The predicted octanol–water partition coefficient (Wildman–Crippen LogP) is 2.05. The molecule has 4 rings (SSSR count). The summed E-state index contributed by atoms with van der Waals surface area (Å²) in [5.41, 5.74) is -0.321. The van der Waals surface area contributed by atoms with Gasteiger partial charge in [-0.25, -0.2) is 0 Å². The van der Waals surface area contributed by atoms with Gasteiger partial charge in [0, 0.05) is 5.92 Å². The van der Waals surface area contributed by atoms with Crippen molar-refractivity contribution in [3.63, 3.8) is 0 Å². The molecule has 4 nitrogen and oxygen atoms in total. The molecule has 0 N–H and O–H groups in total. The van der Waals surface area contributed by atoms with Gasteiger partial charge >= 0.3 is 5.97 Å². The Hall–Kier alpha value is -1.42. The van der Waals surface area contributed by atoms with Crippen molar-refractivity contribution in [3.05, 3.63) is 24.3 Å². The number of epoxide rings is 1. The number of hydrogen-bond acceptors (Lipinski definition) is 4. The van der Waals surface area contributed by atoms with E-state index in [2.05, 4.69) is 6.58 Å². The van der Waals surface area contributed by atoms with Crippen LogP contribution in [0.3, 0.4) is 0 Å². The van der Waals surface area contributed by atoms with Gasteiger partial charge in [-0.05, 0) is 26.7 Å². The number of rotatable bonds is 4. The van der Waals surface area contributed by atoms with Crippen LogP contribution in [0.25, 0.3) is 0 Å². The third kappa shape index (κ3) is 1.51. The summed E-state index contributed by atoms with van der Waals surface area (Å²) in [7, 11) is 0. The van der Waals surface area contributed by atoms with Gasteiger partial charge in [0.1, 0.15) is 0 Å². The quantitative estimate of drug-likeness (QED) is 0.448. The Labute approximate surface area is 118 Å². The molecule has 1 spiro atoms. The summed E-state index contributed by atoms with van der Waals surface area (Å²) in [6.45, 7) is 8.39. The van der Waals surface area contributed by atoms with Gasteiger partial charge in [-0.3, -0.25) is 9.59 Å². The summed E-state index contributed by atoms with van der Waals surface area (Å²) in [6, 6.07) is 0. The van der Waals surface area contributed by atoms with Gasteiger partial charge in [-0.15, -0.1) is 6.58 Å². The SMILES string of the molecule is C=CC[C@]12C=C(C)[C@H](C[C@@H]1C(=O)OCC)[C@@]1(CO1)C2=O. The first-order chi connectivity index (χ1) is 9.51. The molecule has 4 aliphatic rings. The third-order valence-corrected chi connectivity index (χ3v) is 5.01. The lowest BCUT2D eigenvalue weighted by atomic mass is 9.51. The largest absolute Gasteiger partial charge is 0.466 e. The van der Waals surface area contributed by atoms with E-state index < -0.39 is 16.9 Å². The van der Waals surface area contributed by atoms with Crippen LogP contribution in [0.1, 0.15) is 26.7 Å². The van der Waals surface area contributed by atoms with Crippen molar-refractivity contribution in [1.29, 1.82) is 0 Å². The lowest BCUT2D eigenvalue weighted by molar-refractivity contribution is -0.163. The Morgan fingerprint density at radius 2 is 2.35 bits per heavy atom. The Morgan fingerprint density at radius 1 is 1.65 bits per heavy atom. The first-order valence-electron chi connectivity index (χ1n) is 7.17. The number of esters is 1. The summed E-state index contributed by atoms with van der Waals surface area (Å²) >= 11 is 0. The molecule has 0 radical (unpaired) electrons. The Kier molecular flexibility index (Phi) is 2.91. The molecule has 4 heteroatoms. The number of carbonyl (C=O) groups is 2. The van der Waals surface area contributed by atoms with Gasteiger partial charge in [-0.2, -0.15) is 0 Å².